The summed E-state index contributed by atoms with van der Waals surface area (Å²) in [6.45, 7) is 6.28. The zero-order valence-electron chi connectivity index (χ0n) is 8.81. The second-order valence-electron chi connectivity index (χ2n) is 1.15. The van der Waals surface area contributed by atoms with E-state index in [0.29, 0.717) is 0 Å². The fourth-order valence-corrected chi connectivity index (χ4v) is 0. The van der Waals surface area contributed by atoms with E-state index < -0.39 is 0 Å². The Morgan fingerprint density at radius 3 is 0.538 bits per heavy atom. The summed E-state index contributed by atoms with van der Waals surface area (Å²) in [4.78, 5) is 0. The van der Waals surface area contributed by atoms with Gasteiger partial charge in [-0.2, -0.15) is 0 Å². The molecule has 0 aromatic carbocycles. The molecule has 0 aliphatic rings. The molecule has 0 radical (unpaired) electrons. The normalized spacial score (nSPS) is 5.54. The van der Waals surface area contributed by atoms with Gasteiger partial charge in [-0.15, -0.1) is 26.4 Å². The van der Waals surface area contributed by atoms with Crippen LogP contribution in [0.5, 0.6) is 0 Å². The quantitative estimate of drug-likeness (QED) is 0.470. The number of hydrogen-bond donors (Lipinski definition) is 0. The summed E-state index contributed by atoms with van der Waals surface area (Å²) >= 11 is 0. The summed E-state index contributed by atoms with van der Waals surface area (Å²) in [5.41, 5.74) is 0. The molecule has 0 fully saturated rings. The molecule has 0 N–H and O–H groups in total. The fraction of sp³-hybridized carbons (Fsp3) is 1.00. The van der Waals surface area contributed by atoms with Gasteiger partial charge in [-0.1, -0.05) is 27.7 Å². The van der Waals surface area contributed by atoms with Crippen LogP contribution in [-0.2, 0) is 19.8 Å². The summed E-state index contributed by atoms with van der Waals surface area (Å²) < 4.78 is 0. The van der Waals surface area contributed by atoms with Crippen molar-refractivity contribution in [3.8, 4) is 0 Å². The van der Waals surface area contributed by atoms with Gasteiger partial charge in [0.25, 0.3) is 0 Å². The predicted molar refractivity (Wildman–Crippen MR) is 42.2 cm³/mol. The van der Waals surface area contributed by atoms with Crippen molar-refractivity contribution in [1.82, 2.24) is 0 Å². The maximum Gasteiger partial charge on any atom is 4.00 e. The molecule has 0 saturated carbocycles. The summed E-state index contributed by atoms with van der Waals surface area (Å²) in [7, 11) is 0. The molecule has 0 amide bonds. The monoisotopic (exact) mass is 372 g/mol. The van der Waals surface area contributed by atoms with Crippen LogP contribution in [0.4, 0.5) is 0 Å². The van der Waals surface area contributed by atoms with Crippen LogP contribution in [0, 0.1) is 0 Å². The average molecular weight is 370 g/mol. The van der Waals surface area contributed by atoms with Crippen molar-refractivity contribution < 1.29 is 40.2 Å². The standard InChI is InChI=1S/4C2H5O.Os/c4*1-2-3;/h4*2H2,1H3;/q4*-1;+4. The van der Waals surface area contributed by atoms with E-state index in [9.17, 15) is 0 Å². The topological polar surface area (TPSA) is 92.2 Å². The molecule has 4 nitrogen and oxygen atoms in total. The van der Waals surface area contributed by atoms with Crippen molar-refractivity contribution >= 4 is 0 Å². The first-order valence-corrected chi connectivity index (χ1v) is 3.98. The van der Waals surface area contributed by atoms with E-state index in [-0.39, 0.29) is 46.2 Å². The molecule has 0 heterocycles. The van der Waals surface area contributed by atoms with Gasteiger partial charge in [0.15, 0.2) is 0 Å². The Hall–Kier alpha value is 0.476. The van der Waals surface area contributed by atoms with E-state index in [4.69, 9.17) is 20.4 Å². The van der Waals surface area contributed by atoms with Crippen molar-refractivity contribution in [2.75, 3.05) is 26.4 Å². The van der Waals surface area contributed by atoms with Crippen LogP contribution in [0.3, 0.4) is 0 Å². The zero-order chi connectivity index (χ0) is 10.8. The maximum atomic E-state index is 8.93. The van der Waals surface area contributed by atoms with Crippen molar-refractivity contribution in [3.63, 3.8) is 0 Å². The average Bonchev–Trinajstić information content (AvgIpc) is 1.92. The van der Waals surface area contributed by atoms with Crippen molar-refractivity contribution in [3.05, 3.63) is 0 Å². The van der Waals surface area contributed by atoms with Crippen LogP contribution in [0.15, 0.2) is 0 Å². The minimum atomic E-state index is 0. The molecular formula is C8H20O4Os. The second-order valence-corrected chi connectivity index (χ2v) is 1.15. The summed E-state index contributed by atoms with van der Waals surface area (Å²) in [5.74, 6) is 0. The first-order valence-electron chi connectivity index (χ1n) is 3.98. The van der Waals surface area contributed by atoms with E-state index in [1.54, 1.807) is 27.7 Å². The van der Waals surface area contributed by atoms with Gasteiger partial charge in [-0.05, 0) is 0 Å². The minimum Gasteiger partial charge on any atom is -0.855 e. The molecule has 0 rings (SSSR count). The van der Waals surface area contributed by atoms with Crippen LogP contribution in [-0.4, -0.2) is 26.4 Å². The van der Waals surface area contributed by atoms with Gasteiger partial charge in [0.1, 0.15) is 0 Å². The Morgan fingerprint density at radius 1 is 0.538 bits per heavy atom. The zero-order valence-corrected chi connectivity index (χ0v) is 11.4. The van der Waals surface area contributed by atoms with E-state index in [1.807, 2.05) is 0 Å². The summed E-state index contributed by atoms with van der Waals surface area (Å²) in [6, 6.07) is 0. The minimum absolute atomic E-state index is 0. The third-order valence-electron chi connectivity index (χ3n) is 0. The molecule has 0 spiro atoms. The van der Waals surface area contributed by atoms with Gasteiger partial charge in [0.2, 0.25) is 0 Å². The summed E-state index contributed by atoms with van der Waals surface area (Å²) in [5, 5.41) is 35.7. The first kappa shape index (κ1) is 29.2. The van der Waals surface area contributed by atoms with E-state index in [2.05, 4.69) is 0 Å². The third kappa shape index (κ3) is 6030. The SMILES string of the molecule is CC[O-].CC[O-].CC[O-].CC[O-].[Os+4]. The fourth-order valence-electron chi connectivity index (χ4n) is 0. The van der Waals surface area contributed by atoms with Crippen LogP contribution in [0.2, 0.25) is 0 Å². The molecule has 0 atom stereocenters. The molecule has 0 aliphatic carbocycles. The molecule has 13 heavy (non-hydrogen) atoms. The Morgan fingerprint density at radius 2 is 0.538 bits per heavy atom. The number of rotatable bonds is 0. The molecule has 5 heteroatoms. The van der Waals surface area contributed by atoms with Gasteiger partial charge in [0.05, 0.1) is 0 Å². The Bertz CT molecular complexity index is 24.1. The Kier molecular flexibility index (Phi) is 184. The molecule has 0 bridgehead atoms. The van der Waals surface area contributed by atoms with E-state index in [1.165, 1.54) is 0 Å². The predicted octanol–water partition coefficient (Wildman–Crippen LogP) is -2.54. The smallest absolute Gasteiger partial charge is 0.855 e. The summed E-state index contributed by atoms with van der Waals surface area (Å²) in [6.07, 6.45) is 0. The van der Waals surface area contributed by atoms with Gasteiger partial charge in [-0.3, -0.25) is 0 Å². The maximum absolute atomic E-state index is 8.93. The first-order chi connectivity index (χ1) is 5.66. The Labute approximate surface area is 94.7 Å². The molecule has 0 aromatic rings. The van der Waals surface area contributed by atoms with Crippen LogP contribution < -0.4 is 20.4 Å². The van der Waals surface area contributed by atoms with Crippen molar-refractivity contribution in [1.29, 1.82) is 0 Å². The molecule has 0 aliphatic heterocycles. The van der Waals surface area contributed by atoms with E-state index in [0.717, 1.165) is 0 Å². The molecule has 84 valence electrons. The Balaban J connectivity index is -0.0000000213. The van der Waals surface area contributed by atoms with E-state index >= 15 is 0 Å². The molecule has 0 unspecified atom stereocenters. The molecule has 0 saturated heterocycles. The van der Waals surface area contributed by atoms with Crippen molar-refractivity contribution in [2.24, 2.45) is 0 Å². The number of hydrogen-bond acceptors (Lipinski definition) is 4. The van der Waals surface area contributed by atoms with Gasteiger partial charge >= 0.3 is 19.8 Å². The largest absolute Gasteiger partial charge is 4.00 e. The third-order valence-corrected chi connectivity index (χ3v) is 0. The van der Waals surface area contributed by atoms with Crippen LogP contribution in [0.1, 0.15) is 27.7 Å². The van der Waals surface area contributed by atoms with Gasteiger partial charge < -0.3 is 20.4 Å². The molecular weight excluding hydrogens is 350 g/mol. The van der Waals surface area contributed by atoms with Crippen LogP contribution >= 0.6 is 0 Å². The van der Waals surface area contributed by atoms with Crippen LogP contribution in [0.25, 0.3) is 0 Å². The molecule has 0 aromatic heterocycles. The van der Waals surface area contributed by atoms with Crippen molar-refractivity contribution in [2.45, 2.75) is 27.7 Å². The van der Waals surface area contributed by atoms with Gasteiger partial charge in [-0.25, -0.2) is 0 Å². The van der Waals surface area contributed by atoms with Gasteiger partial charge in [0, 0.05) is 0 Å². The second kappa shape index (κ2) is 82.0.